The van der Waals surface area contributed by atoms with Crippen LogP contribution in [0.4, 0.5) is 5.69 Å². The van der Waals surface area contributed by atoms with Gasteiger partial charge in [0.15, 0.2) is 19.0 Å². The van der Waals surface area contributed by atoms with E-state index in [2.05, 4.69) is 5.32 Å². The molecule has 3 rings (SSSR count). The summed E-state index contributed by atoms with van der Waals surface area (Å²) in [5.74, 6) is -0.619. The Morgan fingerprint density at radius 2 is 1.59 bits per heavy atom. The average molecular weight is 391 g/mol. The highest BCUT2D eigenvalue weighted by Gasteiger charge is 2.11. The lowest BCUT2D eigenvalue weighted by molar-refractivity contribution is -0.149. The molecule has 0 unspecified atom stereocenters. The second-order valence-electron chi connectivity index (χ2n) is 6.33. The molecule has 0 saturated carbocycles. The summed E-state index contributed by atoms with van der Waals surface area (Å²) in [5.41, 5.74) is 1.25. The summed E-state index contributed by atoms with van der Waals surface area (Å²) in [7, 11) is 0. The Morgan fingerprint density at radius 3 is 2.34 bits per heavy atom. The van der Waals surface area contributed by atoms with E-state index < -0.39 is 18.5 Å². The molecule has 0 bridgehead atoms. The van der Waals surface area contributed by atoms with E-state index in [0.717, 1.165) is 10.8 Å². The van der Waals surface area contributed by atoms with Gasteiger partial charge in [-0.25, -0.2) is 4.79 Å². The number of carbonyl (C=O) groups is 3. The van der Waals surface area contributed by atoms with Gasteiger partial charge in [0.2, 0.25) is 0 Å². The molecule has 1 amide bonds. The monoisotopic (exact) mass is 391 g/mol. The predicted molar refractivity (Wildman–Crippen MR) is 110 cm³/mol. The standard InChI is InChI=1S/C23H21NO5/c1-2-21(25)17-10-12-18(13-11-17)28-15-23(27)29-14-22(26)24-20-9-5-7-16-6-3-4-8-19(16)20/h3-13H,2,14-15H2,1H3,(H,24,26). The molecule has 1 N–H and O–H groups in total. The van der Waals surface area contributed by atoms with Crippen LogP contribution in [0.1, 0.15) is 23.7 Å². The van der Waals surface area contributed by atoms with E-state index in [4.69, 9.17) is 9.47 Å². The lowest BCUT2D eigenvalue weighted by Gasteiger charge is -2.10. The molecule has 0 fully saturated rings. The molecular weight excluding hydrogens is 370 g/mol. The van der Waals surface area contributed by atoms with Crippen LogP contribution in [0, 0.1) is 0 Å². The predicted octanol–water partition coefficient (Wildman–Crippen LogP) is 3.99. The van der Waals surface area contributed by atoms with Crippen molar-refractivity contribution in [1.82, 2.24) is 0 Å². The number of rotatable bonds is 8. The quantitative estimate of drug-likeness (QED) is 0.464. The number of benzene rings is 3. The third kappa shape index (κ3) is 5.42. The fourth-order valence-corrected chi connectivity index (χ4v) is 2.79. The maximum Gasteiger partial charge on any atom is 0.344 e. The van der Waals surface area contributed by atoms with E-state index in [9.17, 15) is 14.4 Å². The second-order valence-corrected chi connectivity index (χ2v) is 6.33. The molecule has 0 spiro atoms. The molecule has 0 saturated heterocycles. The molecule has 148 valence electrons. The Morgan fingerprint density at radius 1 is 0.862 bits per heavy atom. The first-order valence-corrected chi connectivity index (χ1v) is 9.26. The van der Waals surface area contributed by atoms with Gasteiger partial charge in [-0.05, 0) is 35.7 Å². The highest BCUT2D eigenvalue weighted by molar-refractivity contribution is 6.02. The van der Waals surface area contributed by atoms with Crippen molar-refractivity contribution in [2.24, 2.45) is 0 Å². The van der Waals surface area contributed by atoms with Crippen LogP contribution in [0.25, 0.3) is 10.8 Å². The van der Waals surface area contributed by atoms with Crippen LogP contribution in [0.15, 0.2) is 66.7 Å². The number of esters is 1. The molecule has 29 heavy (non-hydrogen) atoms. The lowest BCUT2D eigenvalue weighted by atomic mass is 10.1. The number of ether oxygens (including phenoxy) is 2. The second kappa shape index (κ2) is 9.50. The van der Waals surface area contributed by atoms with Crippen LogP contribution in [-0.4, -0.2) is 30.9 Å². The Labute approximate surface area is 168 Å². The molecule has 0 aliphatic rings. The number of ketones is 1. The first kappa shape index (κ1) is 20.1. The van der Waals surface area contributed by atoms with Crippen molar-refractivity contribution in [3.05, 3.63) is 72.3 Å². The molecule has 6 heteroatoms. The fourth-order valence-electron chi connectivity index (χ4n) is 2.79. The van der Waals surface area contributed by atoms with Crippen molar-refractivity contribution < 1.29 is 23.9 Å². The van der Waals surface area contributed by atoms with Gasteiger partial charge in [-0.1, -0.05) is 43.3 Å². The van der Waals surface area contributed by atoms with Gasteiger partial charge in [0, 0.05) is 23.1 Å². The average Bonchev–Trinajstić information content (AvgIpc) is 2.76. The molecular formula is C23H21NO5. The van der Waals surface area contributed by atoms with Crippen LogP contribution >= 0.6 is 0 Å². The maximum absolute atomic E-state index is 12.1. The fraction of sp³-hybridized carbons (Fsp3) is 0.174. The zero-order valence-corrected chi connectivity index (χ0v) is 16.0. The Kier molecular flexibility index (Phi) is 6.58. The summed E-state index contributed by atoms with van der Waals surface area (Å²) in [5, 5.41) is 4.66. The Balaban J connectivity index is 1.46. The van der Waals surface area contributed by atoms with E-state index in [0.29, 0.717) is 23.4 Å². The van der Waals surface area contributed by atoms with Gasteiger partial charge in [0.1, 0.15) is 5.75 Å². The van der Waals surface area contributed by atoms with Gasteiger partial charge >= 0.3 is 5.97 Å². The topological polar surface area (TPSA) is 81.7 Å². The van der Waals surface area contributed by atoms with Crippen LogP contribution < -0.4 is 10.1 Å². The smallest absolute Gasteiger partial charge is 0.344 e. The molecule has 0 atom stereocenters. The van der Waals surface area contributed by atoms with Gasteiger partial charge in [-0.2, -0.15) is 0 Å². The minimum atomic E-state index is -0.660. The third-order valence-corrected chi connectivity index (χ3v) is 4.28. The summed E-state index contributed by atoms with van der Waals surface area (Å²) >= 11 is 0. The molecule has 0 aliphatic carbocycles. The van der Waals surface area contributed by atoms with Crippen LogP contribution in [0.5, 0.6) is 5.75 Å². The molecule has 6 nitrogen and oxygen atoms in total. The number of hydrogen-bond donors (Lipinski definition) is 1. The number of Topliss-reactive ketones (excluding diaryl/α,β-unsaturated/α-hetero) is 1. The van der Waals surface area contributed by atoms with E-state index in [1.807, 2.05) is 36.4 Å². The third-order valence-electron chi connectivity index (χ3n) is 4.28. The van der Waals surface area contributed by atoms with E-state index >= 15 is 0 Å². The van der Waals surface area contributed by atoms with Gasteiger partial charge < -0.3 is 14.8 Å². The van der Waals surface area contributed by atoms with Crippen molar-refractivity contribution in [2.45, 2.75) is 13.3 Å². The van der Waals surface area contributed by atoms with Crippen molar-refractivity contribution in [3.8, 4) is 5.75 Å². The zero-order valence-electron chi connectivity index (χ0n) is 16.0. The Hall–Kier alpha value is -3.67. The molecule has 0 aliphatic heterocycles. The van der Waals surface area contributed by atoms with Gasteiger partial charge in [0.25, 0.3) is 5.91 Å². The first-order valence-electron chi connectivity index (χ1n) is 9.26. The largest absolute Gasteiger partial charge is 0.482 e. The molecule has 0 heterocycles. The number of nitrogens with one attached hydrogen (secondary N) is 1. The van der Waals surface area contributed by atoms with Gasteiger partial charge in [-0.3, -0.25) is 9.59 Å². The van der Waals surface area contributed by atoms with Crippen LogP contribution in [-0.2, 0) is 14.3 Å². The minimum absolute atomic E-state index is 0.0353. The van der Waals surface area contributed by atoms with E-state index in [1.165, 1.54) is 0 Å². The maximum atomic E-state index is 12.1. The Bertz CT molecular complexity index is 1020. The first-order chi connectivity index (χ1) is 14.1. The number of anilines is 1. The summed E-state index contributed by atoms with van der Waals surface area (Å²) in [6, 6.07) is 19.8. The SMILES string of the molecule is CCC(=O)c1ccc(OCC(=O)OCC(=O)Nc2cccc3ccccc23)cc1. The lowest BCUT2D eigenvalue weighted by Crippen LogP contribution is -2.23. The number of fused-ring (bicyclic) bond motifs is 1. The summed E-state index contributed by atoms with van der Waals surface area (Å²) in [4.78, 5) is 35.5. The van der Waals surface area contributed by atoms with Crippen molar-refractivity contribution in [3.63, 3.8) is 0 Å². The number of carbonyl (C=O) groups excluding carboxylic acids is 3. The molecule has 3 aromatic carbocycles. The summed E-state index contributed by atoms with van der Waals surface area (Å²) in [6.45, 7) is 1.05. The van der Waals surface area contributed by atoms with Gasteiger partial charge in [0.05, 0.1) is 0 Å². The van der Waals surface area contributed by atoms with Gasteiger partial charge in [-0.15, -0.1) is 0 Å². The van der Waals surface area contributed by atoms with Crippen LogP contribution in [0.2, 0.25) is 0 Å². The zero-order chi connectivity index (χ0) is 20.6. The highest BCUT2D eigenvalue weighted by Crippen LogP contribution is 2.22. The minimum Gasteiger partial charge on any atom is -0.482 e. The summed E-state index contributed by atoms with van der Waals surface area (Å²) in [6.07, 6.45) is 0.424. The number of hydrogen-bond acceptors (Lipinski definition) is 5. The van der Waals surface area contributed by atoms with Crippen molar-refractivity contribution in [1.29, 1.82) is 0 Å². The van der Waals surface area contributed by atoms with Crippen LogP contribution in [0.3, 0.4) is 0 Å². The normalized spacial score (nSPS) is 10.4. The molecule has 3 aromatic rings. The number of amides is 1. The molecule has 0 aromatic heterocycles. The van der Waals surface area contributed by atoms with Crippen molar-refractivity contribution in [2.75, 3.05) is 18.5 Å². The van der Waals surface area contributed by atoms with E-state index in [-0.39, 0.29) is 12.4 Å². The van der Waals surface area contributed by atoms with E-state index in [1.54, 1.807) is 37.3 Å². The summed E-state index contributed by atoms with van der Waals surface area (Å²) < 4.78 is 10.3. The molecule has 0 radical (unpaired) electrons. The van der Waals surface area contributed by atoms with Crippen molar-refractivity contribution >= 4 is 34.1 Å². The highest BCUT2D eigenvalue weighted by atomic mass is 16.6.